The second kappa shape index (κ2) is 10.5. The number of nitrogens with zero attached hydrogens (tertiary/aromatic N) is 2. The van der Waals surface area contributed by atoms with Crippen LogP contribution in [0.5, 0.6) is 11.5 Å². The Bertz CT molecular complexity index is 1120. The maximum atomic E-state index is 13.2. The van der Waals surface area contributed by atoms with Gasteiger partial charge in [-0.05, 0) is 44.4 Å². The molecule has 0 spiro atoms. The van der Waals surface area contributed by atoms with Gasteiger partial charge in [-0.1, -0.05) is 20.8 Å². The first-order chi connectivity index (χ1) is 15.4. The molecule has 34 heavy (non-hydrogen) atoms. The Morgan fingerprint density at radius 3 is 2.47 bits per heavy atom. The molecule has 3 rings (SSSR count). The summed E-state index contributed by atoms with van der Waals surface area (Å²) in [5.74, 6) is 0.214. The lowest BCUT2D eigenvalue weighted by Crippen LogP contribution is -2.30. The fourth-order valence-corrected chi connectivity index (χ4v) is 3.99. The van der Waals surface area contributed by atoms with Gasteiger partial charge >= 0.3 is 5.97 Å². The van der Waals surface area contributed by atoms with Crippen LogP contribution in [0, 0.1) is 19.3 Å². The van der Waals surface area contributed by atoms with Crippen LogP contribution in [-0.2, 0) is 16.8 Å². The number of carbonyl (C=O) groups is 2. The molecule has 1 aromatic heterocycles. The molecule has 0 amide bonds. The van der Waals surface area contributed by atoms with Crippen molar-refractivity contribution < 1.29 is 24.2 Å². The first-order valence-electron chi connectivity index (χ1n) is 10.9. The molecule has 0 bridgehead atoms. The SMILES string of the molecule is Br.CCOc1c(C)nc2c(c1C)CN(CC(=O)c1ccc(OCC(=O)O)c(C(C)(C)C)c1)C2=N. The summed E-state index contributed by atoms with van der Waals surface area (Å²) >= 11 is 0. The van der Waals surface area contributed by atoms with Gasteiger partial charge < -0.3 is 19.5 Å². The van der Waals surface area contributed by atoms with Crippen LogP contribution in [0.25, 0.3) is 0 Å². The Morgan fingerprint density at radius 1 is 1.21 bits per heavy atom. The van der Waals surface area contributed by atoms with Crippen molar-refractivity contribution in [1.82, 2.24) is 9.88 Å². The highest BCUT2D eigenvalue weighted by molar-refractivity contribution is 8.93. The van der Waals surface area contributed by atoms with E-state index in [1.165, 1.54) is 0 Å². The van der Waals surface area contributed by atoms with E-state index in [0.29, 0.717) is 30.2 Å². The fourth-order valence-electron chi connectivity index (χ4n) is 3.99. The minimum atomic E-state index is -1.06. The molecule has 1 aliphatic rings. The molecule has 8 nitrogen and oxygen atoms in total. The number of aryl methyl sites for hydroxylation is 1. The van der Waals surface area contributed by atoms with Gasteiger partial charge in [0.25, 0.3) is 0 Å². The van der Waals surface area contributed by atoms with Gasteiger partial charge in [-0.3, -0.25) is 10.2 Å². The van der Waals surface area contributed by atoms with E-state index in [2.05, 4.69) is 4.98 Å². The minimum Gasteiger partial charge on any atom is -0.492 e. The summed E-state index contributed by atoms with van der Waals surface area (Å²) in [5.41, 5.74) is 4.08. The Hall–Kier alpha value is -2.94. The van der Waals surface area contributed by atoms with Gasteiger partial charge in [-0.15, -0.1) is 17.0 Å². The highest BCUT2D eigenvalue weighted by Gasteiger charge is 2.31. The zero-order valence-electron chi connectivity index (χ0n) is 20.4. The van der Waals surface area contributed by atoms with Gasteiger partial charge in [-0.2, -0.15) is 0 Å². The predicted molar refractivity (Wildman–Crippen MR) is 135 cm³/mol. The smallest absolute Gasteiger partial charge is 0.341 e. The van der Waals surface area contributed by atoms with E-state index in [1.54, 1.807) is 23.1 Å². The number of nitrogens with one attached hydrogen (secondary N) is 1. The van der Waals surface area contributed by atoms with Crippen molar-refractivity contribution in [3.05, 3.63) is 51.8 Å². The lowest BCUT2D eigenvalue weighted by atomic mass is 9.85. The lowest BCUT2D eigenvalue weighted by Gasteiger charge is -2.24. The molecular weight excluding hydrogens is 502 g/mol. The molecule has 184 valence electrons. The second-order valence-corrected chi connectivity index (χ2v) is 9.18. The molecule has 0 atom stereocenters. The highest BCUT2D eigenvalue weighted by atomic mass is 79.9. The molecule has 2 aromatic rings. The first-order valence-corrected chi connectivity index (χ1v) is 10.9. The normalized spacial score (nSPS) is 12.8. The third-order valence-corrected chi connectivity index (χ3v) is 5.66. The van der Waals surface area contributed by atoms with E-state index < -0.39 is 12.6 Å². The van der Waals surface area contributed by atoms with Crippen molar-refractivity contribution in [3.63, 3.8) is 0 Å². The average molecular weight is 534 g/mol. The summed E-state index contributed by atoms with van der Waals surface area (Å²) in [4.78, 5) is 30.4. The number of Topliss-reactive ketones (excluding diaryl/α,β-unsaturated/α-hetero) is 1. The number of carbonyl (C=O) groups excluding carboxylic acids is 1. The van der Waals surface area contributed by atoms with Crippen LogP contribution in [0.2, 0.25) is 0 Å². The number of hydrogen-bond donors (Lipinski definition) is 2. The number of aromatic nitrogens is 1. The number of ether oxygens (including phenoxy) is 2. The monoisotopic (exact) mass is 533 g/mol. The number of carboxylic acids is 1. The van der Waals surface area contributed by atoms with Crippen LogP contribution in [0.1, 0.15) is 66.1 Å². The number of aliphatic carboxylic acids is 1. The minimum absolute atomic E-state index is 0. The summed E-state index contributed by atoms with van der Waals surface area (Å²) < 4.78 is 11.2. The van der Waals surface area contributed by atoms with Crippen molar-refractivity contribution in [2.24, 2.45) is 0 Å². The largest absolute Gasteiger partial charge is 0.492 e. The average Bonchev–Trinajstić information content (AvgIpc) is 3.04. The summed E-state index contributed by atoms with van der Waals surface area (Å²) in [6.45, 7) is 12.2. The van der Waals surface area contributed by atoms with Crippen LogP contribution in [-0.4, -0.2) is 52.3 Å². The molecule has 1 aromatic carbocycles. The predicted octanol–water partition coefficient (Wildman–Crippen LogP) is 4.46. The lowest BCUT2D eigenvalue weighted by molar-refractivity contribution is -0.139. The number of fused-ring (bicyclic) bond motifs is 1. The van der Waals surface area contributed by atoms with E-state index >= 15 is 0 Å². The number of benzene rings is 1. The molecule has 1 aliphatic heterocycles. The van der Waals surface area contributed by atoms with E-state index in [9.17, 15) is 9.59 Å². The number of amidine groups is 1. The molecule has 0 aliphatic carbocycles. The van der Waals surface area contributed by atoms with Crippen LogP contribution in [0.4, 0.5) is 0 Å². The van der Waals surface area contributed by atoms with E-state index in [0.717, 1.165) is 28.1 Å². The maximum Gasteiger partial charge on any atom is 0.341 e. The van der Waals surface area contributed by atoms with Gasteiger partial charge in [0.2, 0.25) is 0 Å². The topological polar surface area (TPSA) is 113 Å². The van der Waals surface area contributed by atoms with Crippen LogP contribution < -0.4 is 9.47 Å². The third-order valence-electron chi connectivity index (χ3n) is 5.66. The van der Waals surface area contributed by atoms with Crippen molar-refractivity contribution in [2.45, 2.75) is 53.5 Å². The molecule has 0 unspecified atom stereocenters. The third kappa shape index (κ3) is 5.58. The Kier molecular flexibility index (Phi) is 8.47. The van der Waals surface area contributed by atoms with Crippen molar-refractivity contribution in [2.75, 3.05) is 19.8 Å². The van der Waals surface area contributed by atoms with Gasteiger partial charge in [0.15, 0.2) is 12.4 Å². The summed E-state index contributed by atoms with van der Waals surface area (Å²) in [6, 6.07) is 5.04. The first kappa shape index (κ1) is 27.3. The zero-order chi connectivity index (χ0) is 24.5. The molecule has 9 heteroatoms. The molecule has 0 saturated heterocycles. The van der Waals surface area contributed by atoms with Crippen molar-refractivity contribution >= 4 is 34.6 Å². The van der Waals surface area contributed by atoms with Gasteiger partial charge in [0, 0.05) is 28.8 Å². The molecule has 2 N–H and O–H groups in total. The second-order valence-electron chi connectivity index (χ2n) is 9.18. The number of hydrogen-bond acceptors (Lipinski definition) is 6. The summed E-state index contributed by atoms with van der Waals surface area (Å²) in [7, 11) is 0. The number of halogens is 1. The van der Waals surface area contributed by atoms with Crippen LogP contribution >= 0.6 is 17.0 Å². The molecule has 0 radical (unpaired) electrons. The summed E-state index contributed by atoms with van der Waals surface area (Å²) in [6.07, 6.45) is 0. The van der Waals surface area contributed by atoms with Crippen molar-refractivity contribution in [3.8, 4) is 11.5 Å². The fraction of sp³-hybridized carbons (Fsp3) is 0.440. The molecular formula is C25H32BrN3O5. The van der Waals surface area contributed by atoms with Crippen LogP contribution in [0.3, 0.4) is 0 Å². The maximum absolute atomic E-state index is 13.2. The van der Waals surface area contributed by atoms with Gasteiger partial charge in [0.1, 0.15) is 23.0 Å². The number of rotatable bonds is 8. The van der Waals surface area contributed by atoms with Crippen LogP contribution in [0.15, 0.2) is 18.2 Å². The molecule has 2 heterocycles. The van der Waals surface area contributed by atoms with Crippen molar-refractivity contribution in [1.29, 1.82) is 5.41 Å². The zero-order valence-corrected chi connectivity index (χ0v) is 22.2. The number of ketones is 1. The highest BCUT2D eigenvalue weighted by Crippen LogP contribution is 2.34. The quantitative estimate of drug-likeness (QED) is 0.481. The van der Waals surface area contributed by atoms with E-state index in [1.807, 2.05) is 41.5 Å². The van der Waals surface area contributed by atoms with E-state index in [-0.39, 0.29) is 40.6 Å². The van der Waals surface area contributed by atoms with Gasteiger partial charge in [0.05, 0.1) is 18.8 Å². The Morgan fingerprint density at radius 2 is 1.88 bits per heavy atom. The molecule has 0 saturated carbocycles. The summed E-state index contributed by atoms with van der Waals surface area (Å²) in [5, 5.41) is 17.5. The Labute approximate surface area is 210 Å². The van der Waals surface area contributed by atoms with E-state index in [4.69, 9.17) is 20.0 Å². The molecule has 0 fully saturated rings. The standard InChI is InChI=1S/C25H31N3O5.BrH/c1-7-32-23-14(2)17-11-28(24(26)22(17)27-15(23)3)12-19(29)16-8-9-20(33-13-21(30)31)18(10-16)25(4,5)6;/h8-10,26H,7,11-13H2,1-6H3,(H,30,31);1H. The number of pyridine rings is 1. The van der Waals surface area contributed by atoms with Gasteiger partial charge in [-0.25, -0.2) is 9.78 Å². The number of carboxylic acid groups (broad SMARTS) is 1. The Balaban J connectivity index is 0.00000408.